The predicted molar refractivity (Wildman–Crippen MR) is 104 cm³/mol. The Morgan fingerprint density at radius 2 is 1.59 bits per heavy atom. The summed E-state index contributed by atoms with van der Waals surface area (Å²) >= 11 is 0. The summed E-state index contributed by atoms with van der Waals surface area (Å²) in [4.78, 5) is 12.6. The summed E-state index contributed by atoms with van der Waals surface area (Å²) in [5.41, 5.74) is 2.51. The number of nitrogens with one attached hydrogen (secondary N) is 1. The van der Waals surface area contributed by atoms with Crippen LogP contribution in [0.2, 0.25) is 0 Å². The molecule has 0 unspecified atom stereocenters. The van der Waals surface area contributed by atoms with E-state index in [-0.39, 0.29) is 12.0 Å². The lowest BCUT2D eigenvalue weighted by Gasteiger charge is -2.14. The molecule has 0 aliphatic rings. The molecular weight excluding hydrogens is 346 g/mol. The highest BCUT2D eigenvalue weighted by atomic mass is 16.5. The van der Waals surface area contributed by atoms with Crippen molar-refractivity contribution in [2.24, 2.45) is 0 Å². The Hall–Kier alpha value is -2.73. The van der Waals surface area contributed by atoms with Crippen LogP contribution < -0.4 is 19.5 Å². The van der Waals surface area contributed by atoms with Gasteiger partial charge in [-0.3, -0.25) is 4.79 Å². The van der Waals surface area contributed by atoms with Crippen LogP contribution in [0.15, 0.2) is 36.4 Å². The summed E-state index contributed by atoms with van der Waals surface area (Å²) in [5, 5.41) is 2.92. The Morgan fingerprint density at radius 1 is 0.963 bits per heavy atom. The van der Waals surface area contributed by atoms with Crippen LogP contribution in [0.25, 0.3) is 0 Å². The van der Waals surface area contributed by atoms with Gasteiger partial charge in [-0.1, -0.05) is 24.3 Å². The molecule has 0 heterocycles. The first-order valence-electron chi connectivity index (χ1n) is 8.76. The quantitative estimate of drug-likeness (QED) is 0.728. The molecule has 2 rings (SSSR count). The minimum absolute atomic E-state index is 0.174. The van der Waals surface area contributed by atoms with Gasteiger partial charge in [-0.05, 0) is 37.1 Å². The van der Waals surface area contributed by atoms with Crippen LogP contribution >= 0.6 is 0 Å². The van der Waals surface area contributed by atoms with Crippen molar-refractivity contribution in [3.8, 4) is 17.2 Å². The van der Waals surface area contributed by atoms with Crippen LogP contribution in [-0.4, -0.2) is 33.3 Å². The van der Waals surface area contributed by atoms with Crippen molar-refractivity contribution in [1.29, 1.82) is 0 Å². The number of amides is 1. The summed E-state index contributed by atoms with van der Waals surface area (Å²) < 4.78 is 21.5. The number of benzene rings is 2. The Labute approximate surface area is 160 Å². The molecule has 0 fully saturated rings. The smallest absolute Gasteiger partial charge is 0.251 e. The topological polar surface area (TPSA) is 66.0 Å². The van der Waals surface area contributed by atoms with Gasteiger partial charge < -0.3 is 24.3 Å². The zero-order valence-corrected chi connectivity index (χ0v) is 16.5. The van der Waals surface area contributed by atoms with Gasteiger partial charge in [0.25, 0.3) is 5.91 Å². The Bertz CT molecular complexity index is 748. The molecule has 0 atom stereocenters. The van der Waals surface area contributed by atoms with Gasteiger partial charge in [0.2, 0.25) is 5.75 Å². The fourth-order valence-corrected chi connectivity index (χ4v) is 2.59. The maximum absolute atomic E-state index is 12.6. The van der Waals surface area contributed by atoms with Gasteiger partial charge in [-0.25, -0.2) is 0 Å². The van der Waals surface area contributed by atoms with E-state index in [0.29, 0.717) is 36.0 Å². The van der Waals surface area contributed by atoms with E-state index in [4.69, 9.17) is 18.9 Å². The van der Waals surface area contributed by atoms with Crippen LogP contribution in [0.4, 0.5) is 0 Å². The first-order valence-corrected chi connectivity index (χ1v) is 8.76. The molecule has 0 saturated carbocycles. The molecule has 1 amide bonds. The van der Waals surface area contributed by atoms with Gasteiger partial charge in [-0.15, -0.1) is 0 Å². The number of hydrogen-bond acceptors (Lipinski definition) is 5. The van der Waals surface area contributed by atoms with Gasteiger partial charge in [0.15, 0.2) is 11.5 Å². The normalized spacial score (nSPS) is 10.6. The number of carbonyl (C=O) groups is 1. The molecule has 6 heteroatoms. The van der Waals surface area contributed by atoms with Crippen LogP contribution in [0.3, 0.4) is 0 Å². The molecule has 146 valence electrons. The standard InChI is InChI=1S/C21H27NO5/c1-14(2)27-13-16-8-6-7-15(9-16)12-22-21(23)17-10-18(24-3)20(26-5)19(11-17)25-4/h6-11,14H,12-13H2,1-5H3,(H,22,23). The molecule has 2 aromatic carbocycles. The van der Waals surface area contributed by atoms with Gasteiger partial charge in [0, 0.05) is 12.1 Å². The highest BCUT2D eigenvalue weighted by molar-refractivity contribution is 5.95. The van der Waals surface area contributed by atoms with Gasteiger partial charge in [0.05, 0.1) is 34.0 Å². The summed E-state index contributed by atoms with van der Waals surface area (Å²) in [6.45, 7) is 4.96. The lowest BCUT2D eigenvalue weighted by Crippen LogP contribution is -2.23. The number of rotatable bonds is 9. The highest BCUT2D eigenvalue weighted by Gasteiger charge is 2.16. The maximum Gasteiger partial charge on any atom is 0.251 e. The molecule has 0 spiro atoms. The van der Waals surface area contributed by atoms with Gasteiger partial charge in [-0.2, -0.15) is 0 Å². The van der Waals surface area contributed by atoms with Crippen LogP contribution in [0.1, 0.15) is 35.3 Å². The van der Waals surface area contributed by atoms with Crippen molar-refractivity contribution in [2.45, 2.75) is 33.1 Å². The third kappa shape index (κ3) is 5.62. The van der Waals surface area contributed by atoms with E-state index < -0.39 is 0 Å². The number of carbonyl (C=O) groups excluding carboxylic acids is 1. The number of hydrogen-bond donors (Lipinski definition) is 1. The molecule has 6 nitrogen and oxygen atoms in total. The molecule has 0 radical (unpaired) electrons. The van der Waals surface area contributed by atoms with Crippen LogP contribution in [-0.2, 0) is 17.9 Å². The molecule has 2 aromatic rings. The SMILES string of the molecule is COc1cc(C(=O)NCc2cccc(COC(C)C)c2)cc(OC)c1OC. The van der Waals surface area contributed by atoms with Crippen molar-refractivity contribution in [3.05, 3.63) is 53.1 Å². The monoisotopic (exact) mass is 373 g/mol. The fraction of sp³-hybridized carbons (Fsp3) is 0.381. The number of methoxy groups -OCH3 is 3. The molecular formula is C21H27NO5. The zero-order chi connectivity index (χ0) is 19.8. The largest absolute Gasteiger partial charge is 0.493 e. The first-order chi connectivity index (χ1) is 13.0. The molecule has 0 aromatic heterocycles. The Morgan fingerprint density at radius 3 is 2.15 bits per heavy atom. The van der Waals surface area contributed by atoms with Crippen molar-refractivity contribution in [2.75, 3.05) is 21.3 Å². The summed E-state index contributed by atoms with van der Waals surface area (Å²) in [6.07, 6.45) is 0.174. The van der Waals surface area contributed by atoms with E-state index in [1.165, 1.54) is 21.3 Å². The second kappa shape index (κ2) is 9.83. The average Bonchev–Trinajstić information content (AvgIpc) is 2.69. The Balaban J connectivity index is 2.08. The second-order valence-corrected chi connectivity index (χ2v) is 6.28. The predicted octanol–water partition coefficient (Wildman–Crippen LogP) is 3.57. The summed E-state index contributed by atoms with van der Waals surface area (Å²) in [6, 6.07) is 11.2. The van der Waals surface area contributed by atoms with Crippen molar-refractivity contribution in [3.63, 3.8) is 0 Å². The first kappa shape index (κ1) is 20.6. The van der Waals surface area contributed by atoms with E-state index in [2.05, 4.69) is 5.32 Å². The van der Waals surface area contributed by atoms with Gasteiger partial charge >= 0.3 is 0 Å². The van der Waals surface area contributed by atoms with Crippen LogP contribution in [0.5, 0.6) is 17.2 Å². The van der Waals surface area contributed by atoms with Crippen molar-refractivity contribution >= 4 is 5.91 Å². The second-order valence-electron chi connectivity index (χ2n) is 6.28. The molecule has 0 aliphatic carbocycles. The molecule has 1 N–H and O–H groups in total. The molecule has 0 bridgehead atoms. The van der Waals surface area contributed by atoms with Crippen molar-refractivity contribution < 1.29 is 23.7 Å². The van der Waals surface area contributed by atoms with E-state index >= 15 is 0 Å². The molecule has 27 heavy (non-hydrogen) atoms. The van der Waals surface area contributed by atoms with E-state index in [1.54, 1.807) is 12.1 Å². The zero-order valence-electron chi connectivity index (χ0n) is 16.5. The van der Waals surface area contributed by atoms with Gasteiger partial charge in [0.1, 0.15) is 0 Å². The summed E-state index contributed by atoms with van der Waals surface area (Å²) in [5.74, 6) is 1.11. The van der Waals surface area contributed by atoms with E-state index in [1.807, 2.05) is 38.1 Å². The fourth-order valence-electron chi connectivity index (χ4n) is 2.59. The average molecular weight is 373 g/mol. The van der Waals surface area contributed by atoms with Crippen molar-refractivity contribution in [1.82, 2.24) is 5.32 Å². The van der Waals surface area contributed by atoms with E-state index in [9.17, 15) is 4.79 Å². The lowest BCUT2D eigenvalue weighted by molar-refractivity contribution is 0.0657. The van der Waals surface area contributed by atoms with E-state index in [0.717, 1.165) is 11.1 Å². The number of ether oxygens (including phenoxy) is 4. The maximum atomic E-state index is 12.6. The minimum atomic E-state index is -0.224. The molecule has 0 aliphatic heterocycles. The lowest BCUT2D eigenvalue weighted by atomic mass is 10.1. The third-order valence-corrected chi connectivity index (χ3v) is 3.95. The third-order valence-electron chi connectivity index (χ3n) is 3.95. The minimum Gasteiger partial charge on any atom is -0.493 e. The highest BCUT2D eigenvalue weighted by Crippen LogP contribution is 2.38. The Kier molecular flexibility index (Phi) is 7.49. The molecule has 0 saturated heterocycles. The summed E-state index contributed by atoms with van der Waals surface area (Å²) in [7, 11) is 4.56. The van der Waals surface area contributed by atoms with Crippen LogP contribution in [0, 0.1) is 0 Å².